The summed E-state index contributed by atoms with van der Waals surface area (Å²) in [7, 11) is 0. The third kappa shape index (κ3) is 4.75. The van der Waals surface area contributed by atoms with E-state index < -0.39 is 12.0 Å². The average molecular weight is 413 g/mol. The second kappa shape index (κ2) is 8.93. The van der Waals surface area contributed by atoms with Crippen molar-refractivity contribution in [3.8, 4) is 28.7 Å². The van der Waals surface area contributed by atoms with Crippen LogP contribution in [0.4, 0.5) is 13.2 Å². The van der Waals surface area contributed by atoms with Crippen LogP contribution in [-0.2, 0) is 10.3 Å². The van der Waals surface area contributed by atoms with Gasteiger partial charge in [0.2, 0.25) is 0 Å². The minimum Gasteiger partial charge on any atom is -0.406 e. The number of benzene rings is 1. The molecule has 1 atom stereocenters. The molecule has 0 aliphatic rings. The number of rotatable bonds is 6. The highest BCUT2D eigenvalue weighted by Gasteiger charge is 2.35. The summed E-state index contributed by atoms with van der Waals surface area (Å²) in [6.45, 7) is 3.94. The van der Waals surface area contributed by atoms with Crippen molar-refractivity contribution in [3.05, 3.63) is 72.6 Å². The molecular formula is C22H18F3N3O2. The van der Waals surface area contributed by atoms with Crippen LogP contribution in [0.2, 0.25) is 0 Å². The normalized spacial score (nSPS) is 13.1. The molecule has 0 saturated carbocycles. The van der Waals surface area contributed by atoms with Crippen LogP contribution in [0, 0.1) is 11.8 Å². The van der Waals surface area contributed by atoms with Crippen molar-refractivity contribution in [2.24, 2.45) is 0 Å². The molecule has 154 valence electrons. The Labute approximate surface area is 171 Å². The Morgan fingerprint density at radius 3 is 2.13 bits per heavy atom. The Morgan fingerprint density at radius 2 is 1.60 bits per heavy atom. The molecule has 3 rings (SSSR count). The van der Waals surface area contributed by atoms with E-state index in [9.17, 15) is 13.2 Å². The summed E-state index contributed by atoms with van der Waals surface area (Å²) in [5.41, 5.74) is 1.48. The summed E-state index contributed by atoms with van der Waals surface area (Å²) in [6, 6.07) is 9.14. The molecule has 30 heavy (non-hydrogen) atoms. The molecule has 0 aliphatic heterocycles. The van der Waals surface area contributed by atoms with Gasteiger partial charge in [-0.15, -0.1) is 19.1 Å². The van der Waals surface area contributed by atoms with Crippen LogP contribution in [0.15, 0.2) is 61.3 Å². The minimum atomic E-state index is -4.73. The first-order chi connectivity index (χ1) is 14.4. The standard InChI is InChI=1S/C22H18F3N3O2/c1-3-11-21(29-4-2,18-13-26-15-27-14-18)20-10-7-17(12-28-20)16-5-8-19(9-6-16)30-22(23,24)25/h5-10,12-15H,4H2,1-2H3. The average Bonchev–Trinajstić information content (AvgIpc) is 2.74. The molecule has 0 spiro atoms. The van der Waals surface area contributed by atoms with Crippen LogP contribution in [0.1, 0.15) is 25.1 Å². The van der Waals surface area contributed by atoms with E-state index in [1.54, 1.807) is 37.6 Å². The molecule has 0 bridgehead atoms. The molecule has 0 fully saturated rings. The van der Waals surface area contributed by atoms with Crippen LogP contribution in [-0.4, -0.2) is 27.9 Å². The molecule has 0 aliphatic carbocycles. The third-order valence-electron chi connectivity index (χ3n) is 4.17. The number of hydrogen-bond acceptors (Lipinski definition) is 5. The smallest absolute Gasteiger partial charge is 0.406 e. The van der Waals surface area contributed by atoms with E-state index in [1.165, 1.54) is 30.6 Å². The van der Waals surface area contributed by atoms with Crippen LogP contribution < -0.4 is 4.74 Å². The van der Waals surface area contributed by atoms with Crippen LogP contribution in [0.25, 0.3) is 11.1 Å². The Balaban J connectivity index is 1.95. The fourth-order valence-electron chi connectivity index (χ4n) is 2.97. The molecule has 8 heteroatoms. The maximum absolute atomic E-state index is 12.3. The summed E-state index contributed by atoms with van der Waals surface area (Å²) < 4.78 is 46.9. The first-order valence-corrected chi connectivity index (χ1v) is 9.04. The fraction of sp³-hybridized carbons (Fsp3) is 0.227. The van der Waals surface area contributed by atoms with Crippen LogP contribution >= 0.6 is 0 Å². The Morgan fingerprint density at radius 1 is 0.933 bits per heavy atom. The van der Waals surface area contributed by atoms with Crippen molar-refractivity contribution in [1.82, 2.24) is 15.0 Å². The van der Waals surface area contributed by atoms with Gasteiger partial charge >= 0.3 is 6.36 Å². The number of pyridine rings is 1. The van der Waals surface area contributed by atoms with Gasteiger partial charge in [0, 0.05) is 36.3 Å². The van der Waals surface area contributed by atoms with Crippen molar-refractivity contribution in [3.63, 3.8) is 0 Å². The number of nitrogens with zero attached hydrogens (tertiary/aromatic N) is 3. The predicted molar refractivity (Wildman–Crippen MR) is 104 cm³/mol. The van der Waals surface area contributed by atoms with Crippen LogP contribution in [0.5, 0.6) is 5.75 Å². The van der Waals surface area contributed by atoms with Gasteiger partial charge in [-0.25, -0.2) is 9.97 Å². The zero-order valence-electron chi connectivity index (χ0n) is 16.3. The SMILES string of the molecule is CC#CC(OCC)(c1cncnc1)c1ccc(-c2ccc(OC(F)(F)F)cc2)cn1. The Bertz CT molecular complexity index is 1030. The molecule has 3 aromatic rings. The summed E-state index contributed by atoms with van der Waals surface area (Å²) in [5.74, 6) is 5.68. The zero-order chi connectivity index (χ0) is 21.6. The first kappa shape index (κ1) is 21.3. The number of hydrogen-bond donors (Lipinski definition) is 0. The lowest BCUT2D eigenvalue weighted by molar-refractivity contribution is -0.274. The van der Waals surface area contributed by atoms with Gasteiger partial charge in [0.1, 0.15) is 12.1 Å². The third-order valence-corrected chi connectivity index (χ3v) is 4.17. The van der Waals surface area contributed by atoms with E-state index in [2.05, 4.69) is 31.5 Å². The molecule has 1 unspecified atom stereocenters. The highest BCUT2D eigenvalue weighted by molar-refractivity contribution is 5.63. The molecule has 0 saturated heterocycles. The summed E-state index contributed by atoms with van der Waals surface area (Å²) in [4.78, 5) is 12.7. The summed E-state index contributed by atoms with van der Waals surface area (Å²) >= 11 is 0. The van der Waals surface area contributed by atoms with Gasteiger partial charge in [-0.2, -0.15) is 0 Å². The Hall–Kier alpha value is -3.44. The van der Waals surface area contributed by atoms with E-state index in [-0.39, 0.29) is 5.75 Å². The second-order valence-corrected chi connectivity index (χ2v) is 6.12. The lowest BCUT2D eigenvalue weighted by Crippen LogP contribution is -2.31. The number of alkyl halides is 3. The van der Waals surface area contributed by atoms with Crippen molar-refractivity contribution in [2.75, 3.05) is 6.61 Å². The van der Waals surface area contributed by atoms with Gasteiger partial charge in [0.05, 0.1) is 5.69 Å². The summed E-state index contributed by atoms with van der Waals surface area (Å²) in [6.07, 6.45) is 1.56. The van der Waals surface area contributed by atoms with Gasteiger partial charge in [-0.05, 0) is 37.6 Å². The first-order valence-electron chi connectivity index (χ1n) is 9.04. The maximum Gasteiger partial charge on any atom is 0.573 e. The predicted octanol–water partition coefficient (Wildman–Crippen LogP) is 4.74. The molecule has 1 aromatic carbocycles. The van der Waals surface area contributed by atoms with E-state index in [1.807, 2.05) is 6.92 Å². The lowest BCUT2D eigenvalue weighted by atomic mass is 9.91. The minimum absolute atomic E-state index is 0.284. The van der Waals surface area contributed by atoms with E-state index in [0.29, 0.717) is 23.4 Å². The highest BCUT2D eigenvalue weighted by Crippen LogP contribution is 2.33. The maximum atomic E-state index is 12.3. The molecule has 5 nitrogen and oxygen atoms in total. The molecular weight excluding hydrogens is 395 g/mol. The molecule has 2 heterocycles. The number of ether oxygens (including phenoxy) is 2. The second-order valence-electron chi connectivity index (χ2n) is 6.12. The van der Waals surface area contributed by atoms with E-state index in [4.69, 9.17) is 4.74 Å². The molecule has 0 amide bonds. The van der Waals surface area contributed by atoms with E-state index >= 15 is 0 Å². The van der Waals surface area contributed by atoms with Crippen molar-refractivity contribution in [2.45, 2.75) is 25.8 Å². The van der Waals surface area contributed by atoms with Crippen molar-refractivity contribution < 1.29 is 22.6 Å². The van der Waals surface area contributed by atoms with Crippen molar-refractivity contribution >= 4 is 0 Å². The quantitative estimate of drug-likeness (QED) is 0.547. The fourth-order valence-corrected chi connectivity index (χ4v) is 2.97. The molecule has 0 N–H and O–H groups in total. The molecule has 0 radical (unpaired) electrons. The topological polar surface area (TPSA) is 57.1 Å². The summed E-state index contributed by atoms with van der Waals surface area (Å²) in [5, 5.41) is 0. The number of halogens is 3. The van der Waals surface area contributed by atoms with Gasteiger partial charge in [0.15, 0.2) is 5.60 Å². The van der Waals surface area contributed by atoms with Gasteiger partial charge < -0.3 is 9.47 Å². The van der Waals surface area contributed by atoms with Crippen LogP contribution in [0.3, 0.4) is 0 Å². The number of aromatic nitrogens is 3. The Kier molecular flexibility index (Phi) is 6.33. The molecule has 2 aromatic heterocycles. The highest BCUT2D eigenvalue weighted by atomic mass is 19.4. The lowest BCUT2D eigenvalue weighted by Gasteiger charge is -2.28. The van der Waals surface area contributed by atoms with Crippen molar-refractivity contribution in [1.29, 1.82) is 0 Å². The zero-order valence-corrected chi connectivity index (χ0v) is 16.3. The van der Waals surface area contributed by atoms with Gasteiger partial charge in [-0.1, -0.05) is 24.1 Å². The van der Waals surface area contributed by atoms with Gasteiger partial charge in [0.25, 0.3) is 0 Å². The largest absolute Gasteiger partial charge is 0.573 e. The monoisotopic (exact) mass is 413 g/mol. The van der Waals surface area contributed by atoms with E-state index in [0.717, 1.165) is 5.56 Å². The van der Waals surface area contributed by atoms with Gasteiger partial charge in [-0.3, -0.25) is 4.98 Å².